The summed E-state index contributed by atoms with van der Waals surface area (Å²) in [6, 6.07) is 2.15. The minimum Gasteiger partial charge on any atom is -0.360 e. The van der Waals surface area contributed by atoms with Gasteiger partial charge in [-0.25, -0.2) is 0 Å². The summed E-state index contributed by atoms with van der Waals surface area (Å²) in [5.41, 5.74) is 0.462. The maximum Gasteiger partial charge on any atom is 0.276 e. The Bertz CT molecular complexity index is 426. The fourth-order valence-corrected chi connectivity index (χ4v) is 2.68. The van der Waals surface area contributed by atoms with Crippen LogP contribution in [0.1, 0.15) is 75.0 Å². The summed E-state index contributed by atoms with van der Waals surface area (Å²) in [5, 5.41) is 3.95. The number of nitrogens with zero attached hydrogens (tertiary/aromatic N) is 2. The van der Waals surface area contributed by atoms with E-state index in [0.29, 0.717) is 11.7 Å². The molecule has 2 heterocycles. The molecule has 0 radical (unpaired) electrons. The van der Waals surface area contributed by atoms with Crippen LogP contribution in [-0.4, -0.2) is 28.6 Å². The molecule has 1 aliphatic rings. The third-order valence-electron chi connectivity index (χ3n) is 3.93. The molecule has 106 valence electrons. The molecule has 4 heteroatoms. The first-order valence-corrected chi connectivity index (χ1v) is 7.41. The van der Waals surface area contributed by atoms with E-state index in [1.165, 1.54) is 12.8 Å². The molecule has 1 saturated heterocycles. The summed E-state index contributed by atoms with van der Waals surface area (Å²) < 4.78 is 5.24. The van der Waals surface area contributed by atoms with Crippen molar-refractivity contribution >= 4 is 5.91 Å². The molecular weight excluding hydrogens is 240 g/mol. The third-order valence-corrected chi connectivity index (χ3v) is 3.93. The number of carbonyl (C=O) groups excluding carboxylic acids is 1. The summed E-state index contributed by atoms with van der Waals surface area (Å²) in [6.07, 6.45) is 5.66. The Labute approximate surface area is 115 Å². The monoisotopic (exact) mass is 264 g/mol. The highest BCUT2D eigenvalue weighted by Crippen LogP contribution is 2.22. The SMILES string of the molecule is CC[C@H]1CCCCCN1C(=O)c1cc(C(C)C)on1. The summed E-state index contributed by atoms with van der Waals surface area (Å²) in [4.78, 5) is 14.6. The van der Waals surface area contributed by atoms with Crippen molar-refractivity contribution in [3.05, 3.63) is 17.5 Å². The molecule has 1 aliphatic heterocycles. The summed E-state index contributed by atoms with van der Waals surface area (Å²) in [6.45, 7) is 7.07. The van der Waals surface area contributed by atoms with Crippen LogP contribution in [0.2, 0.25) is 0 Å². The van der Waals surface area contributed by atoms with Gasteiger partial charge in [-0.3, -0.25) is 4.79 Å². The van der Waals surface area contributed by atoms with Gasteiger partial charge in [-0.1, -0.05) is 38.8 Å². The molecule has 1 fully saturated rings. The van der Waals surface area contributed by atoms with Crippen molar-refractivity contribution in [3.8, 4) is 0 Å². The average molecular weight is 264 g/mol. The van der Waals surface area contributed by atoms with E-state index in [1.807, 2.05) is 18.7 Å². The van der Waals surface area contributed by atoms with Crippen molar-refractivity contribution in [2.75, 3.05) is 6.54 Å². The normalized spacial score (nSPS) is 20.6. The summed E-state index contributed by atoms with van der Waals surface area (Å²) >= 11 is 0. The van der Waals surface area contributed by atoms with E-state index in [9.17, 15) is 4.79 Å². The van der Waals surface area contributed by atoms with Crippen LogP contribution in [0.4, 0.5) is 0 Å². The predicted octanol–water partition coefficient (Wildman–Crippen LogP) is 3.59. The van der Waals surface area contributed by atoms with Gasteiger partial charge >= 0.3 is 0 Å². The van der Waals surface area contributed by atoms with Crippen LogP contribution in [0, 0.1) is 0 Å². The second kappa shape index (κ2) is 6.22. The Morgan fingerprint density at radius 2 is 2.26 bits per heavy atom. The first kappa shape index (κ1) is 14.1. The van der Waals surface area contributed by atoms with Gasteiger partial charge in [0.05, 0.1) is 0 Å². The molecule has 19 heavy (non-hydrogen) atoms. The molecule has 2 rings (SSSR count). The Morgan fingerprint density at radius 3 is 2.89 bits per heavy atom. The first-order valence-electron chi connectivity index (χ1n) is 7.41. The zero-order valence-corrected chi connectivity index (χ0v) is 12.2. The number of amides is 1. The predicted molar refractivity (Wildman–Crippen MR) is 74.2 cm³/mol. The number of rotatable bonds is 3. The minimum absolute atomic E-state index is 0.0319. The molecule has 0 aromatic carbocycles. The highest BCUT2D eigenvalue weighted by atomic mass is 16.5. The van der Waals surface area contributed by atoms with E-state index in [1.54, 1.807) is 6.07 Å². The summed E-state index contributed by atoms with van der Waals surface area (Å²) in [5.74, 6) is 1.08. The van der Waals surface area contributed by atoms with E-state index in [-0.39, 0.29) is 11.8 Å². The van der Waals surface area contributed by atoms with Gasteiger partial charge in [0.1, 0.15) is 5.76 Å². The summed E-state index contributed by atoms with van der Waals surface area (Å²) in [7, 11) is 0. The molecule has 0 spiro atoms. The van der Waals surface area contributed by atoms with E-state index in [4.69, 9.17) is 4.52 Å². The van der Waals surface area contributed by atoms with Gasteiger partial charge in [-0.15, -0.1) is 0 Å². The quantitative estimate of drug-likeness (QED) is 0.838. The maximum absolute atomic E-state index is 12.6. The maximum atomic E-state index is 12.6. The van der Waals surface area contributed by atoms with Crippen LogP contribution in [-0.2, 0) is 0 Å². The second-order valence-electron chi connectivity index (χ2n) is 5.68. The van der Waals surface area contributed by atoms with Crippen molar-refractivity contribution in [1.82, 2.24) is 10.1 Å². The molecule has 0 unspecified atom stereocenters. The lowest BCUT2D eigenvalue weighted by molar-refractivity contribution is 0.0667. The van der Waals surface area contributed by atoms with Crippen molar-refractivity contribution in [2.45, 2.75) is 64.8 Å². The lowest BCUT2D eigenvalue weighted by Crippen LogP contribution is -2.39. The zero-order chi connectivity index (χ0) is 13.8. The standard InChI is InChI=1S/C15H24N2O2/c1-4-12-8-6-5-7-9-17(12)15(18)13-10-14(11(2)3)19-16-13/h10-12H,4-9H2,1-3H3/t12-/m0/s1. The van der Waals surface area contributed by atoms with Crippen molar-refractivity contribution < 1.29 is 9.32 Å². The molecule has 1 amide bonds. The van der Waals surface area contributed by atoms with E-state index in [2.05, 4.69) is 12.1 Å². The molecule has 0 aliphatic carbocycles. The zero-order valence-electron chi connectivity index (χ0n) is 12.2. The number of carbonyl (C=O) groups is 1. The molecule has 0 saturated carbocycles. The Kier molecular flexibility index (Phi) is 4.61. The molecule has 1 atom stereocenters. The van der Waals surface area contributed by atoms with E-state index in [0.717, 1.165) is 31.6 Å². The van der Waals surface area contributed by atoms with Gasteiger partial charge in [0.2, 0.25) is 0 Å². The van der Waals surface area contributed by atoms with Crippen LogP contribution < -0.4 is 0 Å². The van der Waals surface area contributed by atoms with Crippen molar-refractivity contribution in [3.63, 3.8) is 0 Å². The molecule has 0 N–H and O–H groups in total. The third kappa shape index (κ3) is 3.17. The topological polar surface area (TPSA) is 46.3 Å². The molecule has 4 nitrogen and oxygen atoms in total. The number of likely N-dealkylation sites (tertiary alicyclic amines) is 1. The Hall–Kier alpha value is -1.32. The van der Waals surface area contributed by atoms with E-state index < -0.39 is 0 Å². The smallest absolute Gasteiger partial charge is 0.276 e. The molecule has 1 aromatic rings. The van der Waals surface area contributed by atoms with Crippen LogP contribution in [0.25, 0.3) is 0 Å². The van der Waals surface area contributed by atoms with Crippen LogP contribution >= 0.6 is 0 Å². The highest BCUT2D eigenvalue weighted by molar-refractivity contribution is 5.92. The fraction of sp³-hybridized carbons (Fsp3) is 0.733. The molecular formula is C15H24N2O2. The van der Waals surface area contributed by atoms with Gasteiger partial charge < -0.3 is 9.42 Å². The number of hydrogen-bond acceptors (Lipinski definition) is 3. The number of hydrogen-bond donors (Lipinski definition) is 0. The van der Waals surface area contributed by atoms with E-state index >= 15 is 0 Å². The van der Waals surface area contributed by atoms with Crippen LogP contribution in [0.3, 0.4) is 0 Å². The van der Waals surface area contributed by atoms with Crippen molar-refractivity contribution in [2.24, 2.45) is 0 Å². The largest absolute Gasteiger partial charge is 0.360 e. The highest BCUT2D eigenvalue weighted by Gasteiger charge is 2.27. The lowest BCUT2D eigenvalue weighted by Gasteiger charge is -2.28. The van der Waals surface area contributed by atoms with Gasteiger partial charge in [0, 0.05) is 24.6 Å². The Balaban J connectivity index is 2.15. The van der Waals surface area contributed by atoms with Gasteiger partial charge in [-0.2, -0.15) is 0 Å². The molecule has 0 bridgehead atoms. The first-order chi connectivity index (χ1) is 9.13. The fourth-order valence-electron chi connectivity index (χ4n) is 2.68. The Morgan fingerprint density at radius 1 is 1.47 bits per heavy atom. The molecule has 1 aromatic heterocycles. The second-order valence-corrected chi connectivity index (χ2v) is 5.68. The van der Waals surface area contributed by atoms with Crippen LogP contribution in [0.5, 0.6) is 0 Å². The average Bonchev–Trinajstić information content (AvgIpc) is 2.77. The van der Waals surface area contributed by atoms with Gasteiger partial charge in [0.25, 0.3) is 5.91 Å². The van der Waals surface area contributed by atoms with Crippen LogP contribution in [0.15, 0.2) is 10.6 Å². The minimum atomic E-state index is 0.0319. The van der Waals surface area contributed by atoms with Crippen molar-refractivity contribution in [1.29, 1.82) is 0 Å². The number of aromatic nitrogens is 1. The van der Waals surface area contributed by atoms with Gasteiger partial charge in [0.15, 0.2) is 5.69 Å². The lowest BCUT2D eigenvalue weighted by atomic mass is 10.1. The van der Waals surface area contributed by atoms with Gasteiger partial charge in [-0.05, 0) is 19.3 Å².